The summed E-state index contributed by atoms with van der Waals surface area (Å²) in [5, 5.41) is 3.16. The Balaban J connectivity index is 1.93. The quantitative estimate of drug-likeness (QED) is 0.772. The zero-order valence-electron chi connectivity index (χ0n) is 9.05. The molecule has 1 heterocycles. The van der Waals surface area contributed by atoms with Gasteiger partial charge in [-0.1, -0.05) is 30.3 Å². The van der Waals surface area contributed by atoms with Gasteiger partial charge in [0, 0.05) is 5.41 Å². The molecule has 0 unspecified atom stereocenters. The molecule has 0 amide bonds. The maximum atomic E-state index is 14.0. The maximum Gasteiger partial charge on any atom is 0.262 e. The Kier molecular flexibility index (Phi) is 2.08. The molecular formula is C13H15F2N. The van der Waals surface area contributed by atoms with Crippen molar-refractivity contribution in [2.24, 2.45) is 5.41 Å². The fourth-order valence-corrected chi connectivity index (χ4v) is 3.18. The summed E-state index contributed by atoms with van der Waals surface area (Å²) < 4.78 is 28.0. The largest absolute Gasteiger partial charge is 0.317 e. The van der Waals surface area contributed by atoms with E-state index >= 15 is 0 Å². The van der Waals surface area contributed by atoms with E-state index in [1.165, 1.54) is 0 Å². The van der Waals surface area contributed by atoms with Crippen LogP contribution in [-0.2, 0) is 0 Å². The highest BCUT2D eigenvalue weighted by Gasteiger charge is 2.79. The summed E-state index contributed by atoms with van der Waals surface area (Å²) in [5.41, 5.74) is 0.0500. The molecule has 1 N–H and O–H groups in total. The average molecular weight is 223 g/mol. The predicted molar refractivity (Wildman–Crippen MR) is 58.7 cm³/mol. The summed E-state index contributed by atoms with van der Waals surface area (Å²) in [6.45, 7) is 1.44. The lowest BCUT2D eigenvalue weighted by Gasteiger charge is -2.22. The molecule has 16 heavy (non-hydrogen) atoms. The van der Waals surface area contributed by atoms with Crippen molar-refractivity contribution in [2.45, 2.75) is 24.7 Å². The van der Waals surface area contributed by atoms with Crippen molar-refractivity contribution in [2.75, 3.05) is 13.1 Å². The van der Waals surface area contributed by atoms with Crippen LogP contribution < -0.4 is 5.32 Å². The van der Waals surface area contributed by atoms with E-state index in [4.69, 9.17) is 0 Å². The topological polar surface area (TPSA) is 12.0 Å². The Hall–Kier alpha value is -0.960. The number of alkyl halides is 2. The van der Waals surface area contributed by atoms with Gasteiger partial charge in [-0.05, 0) is 31.5 Å². The Morgan fingerprint density at radius 3 is 2.31 bits per heavy atom. The number of piperidine rings is 1. The fourth-order valence-electron chi connectivity index (χ4n) is 3.18. The zero-order chi connectivity index (χ0) is 11.2. The van der Waals surface area contributed by atoms with Crippen LogP contribution >= 0.6 is 0 Å². The van der Waals surface area contributed by atoms with Crippen molar-refractivity contribution in [3.8, 4) is 0 Å². The number of hydrogen-bond acceptors (Lipinski definition) is 1. The van der Waals surface area contributed by atoms with Crippen molar-refractivity contribution in [3.05, 3.63) is 35.9 Å². The van der Waals surface area contributed by atoms with Gasteiger partial charge in [0.1, 0.15) is 0 Å². The lowest BCUT2D eigenvalue weighted by atomic mass is 9.89. The minimum Gasteiger partial charge on any atom is -0.317 e. The molecule has 1 atom stereocenters. The second kappa shape index (κ2) is 3.27. The second-order valence-electron chi connectivity index (χ2n) is 4.87. The Labute approximate surface area is 93.9 Å². The molecule has 86 valence electrons. The van der Waals surface area contributed by atoms with E-state index in [2.05, 4.69) is 5.32 Å². The Bertz CT molecular complexity index is 382. The van der Waals surface area contributed by atoms with Crippen LogP contribution in [0, 0.1) is 5.41 Å². The van der Waals surface area contributed by atoms with Crippen LogP contribution in [0.3, 0.4) is 0 Å². The number of rotatable bonds is 1. The number of halogens is 2. The Morgan fingerprint density at radius 2 is 1.69 bits per heavy atom. The van der Waals surface area contributed by atoms with Crippen molar-refractivity contribution < 1.29 is 8.78 Å². The molecule has 3 heteroatoms. The third-order valence-corrected chi connectivity index (χ3v) is 4.12. The van der Waals surface area contributed by atoms with E-state index in [-0.39, 0.29) is 0 Å². The molecule has 1 spiro atoms. The van der Waals surface area contributed by atoms with Gasteiger partial charge in [-0.15, -0.1) is 0 Å². The maximum absolute atomic E-state index is 14.0. The van der Waals surface area contributed by atoms with Crippen molar-refractivity contribution >= 4 is 0 Å². The summed E-state index contributed by atoms with van der Waals surface area (Å²) in [6.07, 6.45) is 1.19. The van der Waals surface area contributed by atoms with Crippen LogP contribution in [-0.4, -0.2) is 19.0 Å². The normalized spacial score (nSPS) is 30.2. The first-order chi connectivity index (χ1) is 7.68. The van der Waals surface area contributed by atoms with Gasteiger partial charge in [0.15, 0.2) is 0 Å². The van der Waals surface area contributed by atoms with E-state index in [0.29, 0.717) is 12.8 Å². The van der Waals surface area contributed by atoms with E-state index in [1.54, 1.807) is 0 Å². The molecular weight excluding hydrogens is 208 g/mol. The van der Waals surface area contributed by atoms with E-state index < -0.39 is 17.3 Å². The van der Waals surface area contributed by atoms with Crippen molar-refractivity contribution in [1.82, 2.24) is 5.32 Å². The minimum atomic E-state index is -2.50. The van der Waals surface area contributed by atoms with Gasteiger partial charge in [-0.2, -0.15) is 0 Å². The van der Waals surface area contributed by atoms with E-state index in [0.717, 1.165) is 18.7 Å². The highest BCUT2D eigenvalue weighted by Crippen LogP contribution is 2.74. The monoisotopic (exact) mass is 223 g/mol. The number of nitrogens with one attached hydrogen (secondary N) is 1. The molecule has 1 saturated heterocycles. The van der Waals surface area contributed by atoms with Crippen molar-refractivity contribution in [1.29, 1.82) is 0 Å². The third-order valence-electron chi connectivity index (χ3n) is 4.12. The van der Waals surface area contributed by atoms with Crippen LogP contribution in [0.1, 0.15) is 24.3 Å². The summed E-state index contributed by atoms with van der Waals surface area (Å²) in [6, 6.07) is 9.22. The Morgan fingerprint density at radius 1 is 1.06 bits per heavy atom. The van der Waals surface area contributed by atoms with Crippen LogP contribution in [0.5, 0.6) is 0 Å². The van der Waals surface area contributed by atoms with Gasteiger partial charge in [-0.3, -0.25) is 0 Å². The van der Waals surface area contributed by atoms with Gasteiger partial charge in [0.05, 0.1) is 5.92 Å². The lowest BCUT2D eigenvalue weighted by Crippen LogP contribution is -2.32. The smallest absolute Gasteiger partial charge is 0.262 e. The van der Waals surface area contributed by atoms with Crippen LogP contribution in [0.4, 0.5) is 8.78 Å². The first-order valence-corrected chi connectivity index (χ1v) is 5.82. The van der Waals surface area contributed by atoms with Crippen LogP contribution in [0.25, 0.3) is 0 Å². The van der Waals surface area contributed by atoms with Gasteiger partial charge in [0.2, 0.25) is 0 Å². The van der Waals surface area contributed by atoms with Gasteiger partial charge in [-0.25, -0.2) is 8.78 Å². The molecule has 0 radical (unpaired) electrons. The van der Waals surface area contributed by atoms with Crippen molar-refractivity contribution in [3.63, 3.8) is 0 Å². The molecule has 2 aliphatic rings. The molecule has 1 aromatic rings. The fraction of sp³-hybridized carbons (Fsp3) is 0.538. The summed E-state index contributed by atoms with van der Waals surface area (Å²) in [5.74, 6) is -3.06. The summed E-state index contributed by atoms with van der Waals surface area (Å²) >= 11 is 0. The number of hydrogen-bond donors (Lipinski definition) is 1. The first-order valence-electron chi connectivity index (χ1n) is 5.82. The third kappa shape index (κ3) is 1.18. The van der Waals surface area contributed by atoms with E-state index in [1.807, 2.05) is 30.3 Å². The van der Waals surface area contributed by atoms with Gasteiger partial charge >= 0.3 is 0 Å². The molecule has 1 aliphatic heterocycles. The molecule has 1 aromatic carbocycles. The second-order valence-corrected chi connectivity index (χ2v) is 4.87. The SMILES string of the molecule is FC1(F)[C@@H](c2ccccc2)C12CCNCC2. The molecule has 1 saturated carbocycles. The zero-order valence-corrected chi connectivity index (χ0v) is 9.05. The highest BCUT2D eigenvalue weighted by atomic mass is 19.3. The molecule has 0 aromatic heterocycles. The summed E-state index contributed by atoms with van der Waals surface area (Å²) in [4.78, 5) is 0. The highest BCUT2D eigenvalue weighted by molar-refractivity contribution is 5.38. The van der Waals surface area contributed by atoms with Gasteiger partial charge < -0.3 is 5.32 Å². The predicted octanol–water partition coefficient (Wildman–Crippen LogP) is 2.79. The van der Waals surface area contributed by atoms with Crippen LogP contribution in [0.15, 0.2) is 30.3 Å². The average Bonchev–Trinajstić information content (AvgIpc) is 2.76. The molecule has 1 aliphatic carbocycles. The number of benzene rings is 1. The first kappa shape index (κ1) is 10.2. The molecule has 0 bridgehead atoms. The standard InChI is InChI=1S/C13H15F2N/c14-13(15)11(10-4-2-1-3-5-10)12(13)6-8-16-9-7-12/h1-5,11,16H,6-9H2/t11-/m0/s1. The molecule has 1 nitrogen and oxygen atoms in total. The molecule has 3 rings (SSSR count). The lowest BCUT2D eigenvalue weighted by molar-refractivity contribution is 0.0493. The van der Waals surface area contributed by atoms with E-state index in [9.17, 15) is 8.78 Å². The summed E-state index contributed by atoms with van der Waals surface area (Å²) in [7, 11) is 0. The van der Waals surface area contributed by atoms with Gasteiger partial charge in [0.25, 0.3) is 5.92 Å². The minimum absolute atomic E-state index is 0.553. The van der Waals surface area contributed by atoms with Crippen LogP contribution in [0.2, 0.25) is 0 Å². The molecule has 2 fully saturated rings.